The highest BCUT2D eigenvalue weighted by molar-refractivity contribution is 14.0. The standard InChI is InChI=1S/C21H33N3O3.HI/c1-22-21(23-14-6-16-27-19-7-4-3-5-8-19)24-15-13-17-9-11-18(12-10-17)20(25)26-2;/h9-12,19H,3-8,13-16H2,1-2H3,(H2,22,23,24);1H. The number of ether oxygens (including phenoxy) is 2. The van der Waals surface area contributed by atoms with Crippen LogP contribution in [0.3, 0.4) is 0 Å². The van der Waals surface area contributed by atoms with Crippen LogP contribution in [0.5, 0.6) is 0 Å². The van der Waals surface area contributed by atoms with Crippen LogP contribution in [-0.4, -0.2) is 51.9 Å². The van der Waals surface area contributed by atoms with Gasteiger partial charge in [0.1, 0.15) is 0 Å². The van der Waals surface area contributed by atoms with E-state index in [1.807, 2.05) is 12.1 Å². The molecule has 1 aromatic carbocycles. The van der Waals surface area contributed by atoms with Crippen LogP contribution in [0.25, 0.3) is 0 Å². The maximum atomic E-state index is 11.4. The number of benzene rings is 1. The monoisotopic (exact) mass is 503 g/mol. The number of guanidine groups is 1. The van der Waals surface area contributed by atoms with Gasteiger partial charge in [0.2, 0.25) is 0 Å². The molecule has 0 saturated heterocycles. The zero-order valence-corrected chi connectivity index (χ0v) is 19.4. The number of carbonyl (C=O) groups is 1. The van der Waals surface area contributed by atoms with Crippen molar-refractivity contribution < 1.29 is 14.3 Å². The number of hydrogen-bond acceptors (Lipinski definition) is 4. The molecule has 0 radical (unpaired) electrons. The van der Waals surface area contributed by atoms with Crippen molar-refractivity contribution in [3.63, 3.8) is 0 Å². The maximum absolute atomic E-state index is 11.4. The number of halogens is 1. The highest BCUT2D eigenvalue weighted by Gasteiger charge is 2.13. The summed E-state index contributed by atoms with van der Waals surface area (Å²) < 4.78 is 10.6. The van der Waals surface area contributed by atoms with Gasteiger partial charge in [0.25, 0.3) is 0 Å². The van der Waals surface area contributed by atoms with E-state index in [1.54, 1.807) is 19.2 Å². The number of rotatable bonds is 9. The molecule has 6 nitrogen and oxygen atoms in total. The van der Waals surface area contributed by atoms with Gasteiger partial charge in [-0.1, -0.05) is 31.4 Å². The molecule has 0 amide bonds. The fourth-order valence-corrected chi connectivity index (χ4v) is 3.23. The minimum absolute atomic E-state index is 0. The van der Waals surface area contributed by atoms with E-state index in [0.717, 1.165) is 44.1 Å². The van der Waals surface area contributed by atoms with Crippen molar-refractivity contribution in [1.82, 2.24) is 10.6 Å². The highest BCUT2D eigenvalue weighted by atomic mass is 127. The number of aliphatic imine (C=N–C) groups is 1. The van der Waals surface area contributed by atoms with Crippen LogP contribution in [0.1, 0.15) is 54.4 Å². The lowest BCUT2D eigenvalue weighted by molar-refractivity contribution is 0.0277. The molecule has 0 heterocycles. The Labute approximate surface area is 185 Å². The van der Waals surface area contributed by atoms with Crippen LogP contribution < -0.4 is 10.6 Å². The van der Waals surface area contributed by atoms with Crippen molar-refractivity contribution in [2.45, 2.75) is 51.0 Å². The molecular formula is C21H34IN3O3. The van der Waals surface area contributed by atoms with Gasteiger partial charge in [-0.05, 0) is 43.4 Å². The second-order valence-electron chi connectivity index (χ2n) is 6.85. The third kappa shape index (κ3) is 9.23. The Kier molecular flexibility index (Phi) is 12.9. The molecule has 2 rings (SSSR count). The predicted molar refractivity (Wildman–Crippen MR) is 124 cm³/mol. The molecule has 1 aromatic rings. The predicted octanol–water partition coefficient (Wildman–Crippen LogP) is 3.54. The number of carbonyl (C=O) groups excluding carboxylic acids is 1. The minimum atomic E-state index is -0.309. The lowest BCUT2D eigenvalue weighted by Gasteiger charge is -2.22. The normalized spacial score (nSPS) is 14.9. The summed E-state index contributed by atoms with van der Waals surface area (Å²) in [6.07, 6.45) is 8.73. The molecule has 0 unspecified atom stereocenters. The molecule has 0 aliphatic heterocycles. The fraction of sp³-hybridized carbons (Fsp3) is 0.619. The van der Waals surface area contributed by atoms with Crippen molar-refractivity contribution in [3.8, 4) is 0 Å². The first kappa shape index (κ1) is 24.7. The van der Waals surface area contributed by atoms with Crippen molar-refractivity contribution >= 4 is 35.9 Å². The van der Waals surface area contributed by atoms with Gasteiger partial charge in [0.05, 0.1) is 18.8 Å². The third-order valence-corrected chi connectivity index (χ3v) is 4.82. The van der Waals surface area contributed by atoms with Gasteiger partial charge < -0.3 is 20.1 Å². The molecule has 1 saturated carbocycles. The smallest absolute Gasteiger partial charge is 0.337 e. The van der Waals surface area contributed by atoms with Gasteiger partial charge in [0.15, 0.2) is 5.96 Å². The molecule has 1 aliphatic rings. The summed E-state index contributed by atoms with van der Waals surface area (Å²) in [5, 5.41) is 6.64. The number of nitrogens with one attached hydrogen (secondary N) is 2. The third-order valence-electron chi connectivity index (χ3n) is 4.82. The van der Waals surface area contributed by atoms with Crippen LogP contribution in [-0.2, 0) is 15.9 Å². The van der Waals surface area contributed by atoms with Gasteiger partial charge >= 0.3 is 5.97 Å². The molecule has 1 aliphatic carbocycles. The van der Waals surface area contributed by atoms with Crippen molar-refractivity contribution in [2.24, 2.45) is 4.99 Å². The first-order valence-electron chi connectivity index (χ1n) is 9.96. The largest absolute Gasteiger partial charge is 0.465 e. The van der Waals surface area contributed by atoms with E-state index in [1.165, 1.54) is 39.2 Å². The SMILES string of the molecule is CN=C(NCCCOC1CCCCC1)NCCc1ccc(C(=O)OC)cc1.I. The molecule has 7 heteroatoms. The Hall–Kier alpha value is -1.35. The Morgan fingerprint density at radius 2 is 1.79 bits per heavy atom. The number of methoxy groups -OCH3 is 1. The van der Waals surface area contributed by atoms with Crippen molar-refractivity contribution in [3.05, 3.63) is 35.4 Å². The molecule has 2 N–H and O–H groups in total. The second-order valence-corrected chi connectivity index (χ2v) is 6.85. The quantitative estimate of drug-likeness (QED) is 0.177. The van der Waals surface area contributed by atoms with Gasteiger partial charge in [0, 0.05) is 26.7 Å². The molecule has 28 heavy (non-hydrogen) atoms. The topological polar surface area (TPSA) is 72.0 Å². The van der Waals surface area contributed by atoms with E-state index >= 15 is 0 Å². The van der Waals surface area contributed by atoms with E-state index in [-0.39, 0.29) is 29.9 Å². The first-order chi connectivity index (χ1) is 13.2. The van der Waals surface area contributed by atoms with Gasteiger partial charge in [-0.3, -0.25) is 4.99 Å². The van der Waals surface area contributed by atoms with E-state index in [9.17, 15) is 4.79 Å². The lowest BCUT2D eigenvalue weighted by atomic mass is 9.98. The molecule has 158 valence electrons. The van der Waals surface area contributed by atoms with Crippen molar-refractivity contribution in [1.29, 1.82) is 0 Å². The molecule has 1 fully saturated rings. The van der Waals surface area contributed by atoms with E-state index < -0.39 is 0 Å². The van der Waals surface area contributed by atoms with Gasteiger partial charge in [-0.2, -0.15) is 0 Å². The molecular weight excluding hydrogens is 469 g/mol. The summed E-state index contributed by atoms with van der Waals surface area (Å²) >= 11 is 0. The van der Waals surface area contributed by atoms with Crippen LogP contribution in [0, 0.1) is 0 Å². The van der Waals surface area contributed by atoms with Crippen LogP contribution in [0.2, 0.25) is 0 Å². The minimum Gasteiger partial charge on any atom is -0.465 e. The van der Waals surface area contributed by atoms with Crippen LogP contribution in [0.4, 0.5) is 0 Å². The summed E-state index contributed by atoms with van der Waals surface area (Å²) in [4.78, 5) is 15.7. The zero-order chi connectivity index (χ0) is 19.3. The first-order valence-corrected chi connectivity index (χ1v) is 9.96. The van der Waals surface area contributed by atoms with Crippen LogP contribution in [0.15, 0.2) is 29.3 Å². The average Bonchev–Trinajstić information content (AvgIpc) is 2.73. The second kappa shape index (κ2) is 14.6. The summed E-state index contributed by atoms with van der Waals surface area (Å²) in [5.74, 6) is 0.496. The summed E-state index contributed by atoms with van der Waals surface area (Å²) in [6, 6.07) is 7.49. The maximum Gasteiger partial charge on any atom is 0.337 e. The Morgan fingerprint density at radius 1 is 1.11 bits per heavy atom. The number of hydrogen-bond donors (Lipinski definition) is 2. The summed E-state index contributed by atoms with van der Waals surface area (Å²) in [6.45, 7) is 2.43. The summed E-state index contributed by atoms with van der Waals surface area (Å²) in [7, 11) is 3.17. The highest BCUT2D eigenvalue weighted by Crippen LogP contribution is 2.20. The van der Waals surface area contributed by atoms with E-state index in [2.05, 4.69) is 15.6 Å². The van der Waals surface area contributed by atoms with E-state index in [0.29, 0.717) is 11.7 Å². The number of esters is 1. The van der Waals surface area contributed by atoms with Crippen molar-refractivity contribution in [2.75, 3.05) is 33.9 Å². The summed E-state index contributed by atoms with van der Waals surface area (Å²) in [5.41, 5.74) is 1.73. The molecule has 0 spiro atoms. The molecule has 0 atom stereocenters. The zero-order valence-electron chi connectivity index (χ0n) is 17.0. The molecule has 0 bridgehead atoms. The lowest BCUT2D eigenvalue weighted by Crippen LogP contribution is -2.39. The van der Waals surface area contributed by atoms with Crippen LogP contribution >= 0.6 is 24.0 Å². The van der Waals surface area contributed by atoms with Gasteiger partial charge in [-0.15, -0.1) is 24.0 Å². The Balaban J connectivity index is 0.00000392. The van der Waals surface area contributed by atoms with Gasteiger partial charge in [-0.25, -0.2) is 4.79 Å². The Bertz CT molecular complexity index is 587. The van der Waals surface area contributed by atoms with E-state index in [4.69, 9.17) is 9.47 Å². The average molecular weight is 503 g/mol. The Morgan fingerprint density at radius 3 is 2.43 bits per heavy atom. The number of nitrogens with zero attached hydrogens (tertiary/aromatic N) is 1. The fourth-order valence-electron chi connectivity index (χ4n) is 3.23. The molecule has 0 aromatic heterocycles.